The molecule has 0 saturated carbocycles. The summed E-state index contributed by atoms with van der Waals surface area (Å²) in [6, 6.07) is 0. The molecule has 0 unspecified atom stereocenters. The molecule has 2 aliphatic heterocycles. The number of aliphatic hydroxyl groups excluding tert-OH is 4. The molecule has 7 nitrogen and oxygen atoms in total. The topological polar surface area (TPSA) is 116 Å². The Kier molecular flexibility index (Phi) is 19.9. The fourth-order valence-electron chi connectivity index (χ4n) is 6.42. The first-order chi connectivity index (χ1) is 20.3. The Morgan fingerprint density at radius 1 is 0.667 bits per heavy atom. The molecule has 2 heterocycles. The molecule has 0 aromatic rings. The number of unbranched alkanes of at least 4 members (excludes halogenated alkanes) is 12. The Labute approximate surface area is 256 Å². The zero-order valence-electron chi connectivity index (χ0n) is 26.9. The highest BCUT2D eigenvalue weighted by Gasteiger charge is 2.34. The van der Waals surface area contributed by atoms with E-state index in [1.54, 1.807) is 6.08 Å². The summed E-state index contributed by atoms with van der Waals surface area (Å²) in [5.41, 5.74) is 0.576. The van der Waals surface area contributed by atoms with Crippen LogP contribution in [-0.4, -0.2) is 69.1 Å². The van der Waals surface area contributed by atoms with Crippen molar-refractivity contribution in [3.05, 3.63) is 11.6 Å². The molecule has 2 aliphatic rings. The molecule has 1 fully saturated rings. The molecule has 2 rings (SSSR count). The van der Waals surface area contributed by atoms with Gasteiger partial charge < -0.3 is 29.9 Å². The zero-order valence-corrected chi connectivity index (χ0v) is 26.9. The number of carbonyl (C=O) groups is 1. The lowest BCUT2D eigenvalue weighted by Gasteiger charge is -2.22. The lowest BCUT2D eigenvalue weighted by atomic mass is 9.99. The predicted molar refractivity (Wildman–Crippen MR) is 168 cm³/mol. The van der Waals surface area contributed by atoms with Crippen LogP contribution in [0.25, 0.3) is 0 Å². The summed E-state index contributed by atoms with van der Waals surface area (Å²) in [5, 5.41) is 41.7. The van der Waals surface area contributed by atoms with Gasteiger partial charge in [0.25, 0.3) is 0 Å². The van der Waals surface area contributed by atoms with Crippen molar-refractivity contribution in [2.45, 2.75) is 204 Å². The molecule has 0 bridgehead atoms. The Morgan fingerprint density at radius 3 is 1.62 bits per heavy atom. The zero-order chi connectivity index (χ0) is 30.6. The van der Waals surface area contributed by atoms with Gasteiger partial charge in [-0.3, -0.25) is 0 Å². The molecule has 42 heavy (non-hydrogen) atoms. The number of hydrogen-bond acceptors (Lipinski definition) is 7. The van der Waals surface area contributed by atoms with Gasteiger partial charge in [0, 0.05) is 12.0 Å². The quantitative estimate of drug-likeness (QED) is 0.0624. The van der Waals surface area contributed by atoms with Crippen molar-refractivity contribution in [1.29, 1.82) is 0 Å². The predicted octanol–water partition coefficient (Wildman–Crippen LogP) is 7.06. The number of hydrogen-bond donors (Lipinski definition) is 4. The Morgan fingerprint density at radius 2 is 1.10 bits per heavy atom. The third-order valence-electron chi connectivity index (χ3n) is 9.11. The van der Waals surface area contributed by atoms with Gasteiger partial charge in [-0.05, 0) is 57.9 Å². The van der Waals surface area contributed by atoms with E-state index in [0.717, 1.165) is 70.6 Å². The van der Waals surface area contributed by atoms with Crippen molar-refractivity contribution in [2.75, 3.05) is 0 Å². The van der Waals surface area contributed by atoms with Crippen molar-refractivity contribution in [2.24, 2.45) is 0 Å². The second kappa shape index (κ2) is 22.5. The average molecular weight is 597 g/mol. The molecule has 4 N–H and O–H groups in total. The van der Waals surface area contributed by atoms with E-state index in [9.17, 15) is 25.2 Å². The molecule has 246 valence electrons. The second-order valence-electron chi connectivity index (χ2n) is 13.1. The van der Waals surface area contributed by atoms with Gasteiger partial charge in [0.2, 0.25) is 0 Å². The Hall–Kier alpha value is -0.990. The maximum absolute atomic E-state index is 11.6. The van der Waals surface area contributed by atoms with E-state index in [0.29, 0.717) is 24.8 Å². The molecule has 0 aromatic heterocycles. The van der Waals surface area contributed by atoms with Crippen LogP contribution in [0.1, 0.15) is 162 Å². The Balaban J connectivity index is 1.41. The maximum Gasteiger partial charge on any atom is 0.334 e. The van der Waals surface area contributed by atoms with Crippen LogP contribution in [0.2, 0.25) is 0 Å². The van der Waals surface area contributed by atoms with E-state index < -0.39 is 18.3 Å². The van der Waals surface area contributed by atoms with Crippen LogP contribution in [0.4, 0.5) is 0 Å². The van der Waals surface area contributed by atoms with Crippen LogP contribution in [0.3, 0.4) is 0 Å². The third kappa shape index (κ3) is 16.2. The summed E-state index contributed by atoms with van der Waals surface area (Å²) < 4.78 is 11.1. The number of rotatable bonds is 26. The number of carbonyl (C=O) groups excluding carboxylic acids is 1. The molecule has 0 aromatic carbocycles. The molecule has 0 radical (unpaired) electrons. The maximum atomic E-state index is 11.6. The molecular formula is C35H64O7. The lowest BCUT2D eigenvalue weighted by molar-refractivity contribution is -0.139. The fourth-order valence-corrected chi connectivity index (χ4v) is 6.42. The molecule has 0 spiro atoms. The van der Waals surface area contributed by atoms with Crippen LogP contribution in [0, 0.1) is 0 Å². The van der Waals surface area contributed by atoms with Crippen LogP contribution in [0.5, 0.6) is 0 Å². The highest BCUT2D eigenvalue weighted by atomic mass is 16.5. The van der Waals surface area contributed by atoms with Gasteiger partial charge in [0.05, 0.1) is 36.6 Å². The van der Waals surface area contributed by atoms with E-state index in [1.165, 1.54) is 57.8 Å². The van der Waals surface area contributed by atoms with E-state index >= 15 is 0 Å². The summed E-state index contributed by atoms with van der Waals surface area (Å²) in [6.45, 7) is 4.07. The van der Waals surface area contributed by atoms with Crippen LogP contribution >= 0.6 is 0 Å². The molecule has 7 heteroatoms. The number of ether oxygens (including phenoxy) is 2. The standard InChI is InChI=1S/C35H64O7/c1-3-4-5-6-7-8-9-10-11-15-21-31(38)33-23-24-34(42-33)32(39)22-17-16-19-29(36)18-13-12-14-20-30(37)26-28-25-27(2)41-35(28)40/h25,27,29-34,36-39H,3-24,26H2,1-2H3/t27-,29+,30+,31+,32+,33+,34+/m1/s1. The summed E-state index contributed by atoms with van der Waals surface area (Å²) in [4.78, 5) is 11.6. The first-order valence-corrected chi connectivity index (χ1v) is 17.6. The van der Waals surface area contributed by atoms with Gasteiger partial charge >= 0.3 is 5.97 Å². The normalized spacial score (nSPS) is 23.5. The molecule has 1 saturated heterocycles. The first kappa shape index (κ1) is 37.2. The summed E-state index contributed by atoms with van der Waals surface area (Å²) in [7, 11) is 0. The fraction of sp³-hybridized carbons (Fsp3) is 0.914. The summed E-state index contributed by atoms with van der Waals surface area (Å²) in [5.74, 6) is -0.314. The minimum absolute atomic E-state index is 0.147. The van der Waals surface area contributed by atoms with Crippen LogP contribution < -0.4 is 0 Å². The van der Waals surface area contributed by atoms with E-state index in [4.69, 9.17) is 9.47 Å². The van der Waals surface area contributed by atoms with Crippen LogP contribution in [-0.2, 0) is 14.3 Å². The lowest BCUT2D eigenvalue weighted by Crippen LogP contribution is -2.31. The van der Waals surface area contributed by atoms with Crippen molar-refractivity contribution in [3.8, 4) is 0 Å². The van der Waals surface area contributed by atoms with Crippen molar-refractivity contribution < 1.29 is 34.7 Å². The third-order valence-corrected chi connectivity index (χ3v) is 9.11. The van der Waals surface area contributed by atoms with Gasteiger partial charge in [-0.2, -0.15) is 0 Å². The number of aliphatic hydroxyl groups is 4. The Bertz CT molecular complexity index is 726. The monoisotopic (exact) mass is 596 g/mol. The smallest absolute Gasteiger partial charge is 0.334 e. The average Bonchev–Trinajstić information content (AvgIpc) is 3.58. The van der Waals surface area contributed by atoms with Crippen molar-refractivity contribution in [1.82, 2.24) is 0 Å². The number of esters is 1. The molecular weight excluding hydrogens is 532 g/mol. The summed E-state index contributed by atoms with van der Waals surface area (Å²) in [6.07, 6.45) is 22.4. The highest BCUT2D eigenvalue weighted by molar-refractivity contribution is 5.90. The second-order valence-corrected chi connectivity index (χ2v) is 13.1. The van der Waals surface area contributed by atoms with Gasteiger partial charge in [-0.1, -0.05) is 103 Å². The van der Waals surface area contributed by atoms with E-state index in [-0.39, 0.29) is 30.4 Å². The van der Waals surface area contributed by atoms with Gasteiger partial charge in [0.15, 0.2) is 0 Å². The van der Waals surface area contributed by atoms with E-state index in [1.807, 2.05) is 6.92 Å². The number of cyclic esters (lactones) is 1. The molecule has 0 aliphatic carbocycles. The first-order valence-electron chi connectivity index (χ1n) is 17.6. The van der Waals surface area contributed by atoms with Gasteiger partial charge in [-0.15, -0.1) is 0 Å². The molecule has 0 amide bonds. The van der Waals surface area contributed by atoms with Crippen molar-refractivity contribution >= 4 is 5.97 Å². The minimum Gasteiger partial charge on any atom is -0.455 e. The van der Waals surface area contributed by atoms with Crippen molar-refractivity contribution in [3.63, 3.8) is 0 Å². The van der Waals surface area contributed by atoms with E-state index in [2.05, 4.69) is 6.92 Å². The van der Waals surface area contributed by atoms with Gasteiger partial charge in [-0.25, -0.2) is 4.79 Å². The van der Waals surface area contributed by atoms with Gasteiger partial charge in [0.1, 0.15) is 6.10 Å². The highest BCUT2D eigenvalue weighted by Crippen LogP contribution is 2.28. The largest absolute Gasteiger partial charge is 0.455 e. The van der Waals surface area contributed by atoms with Crippen LogP contribution in [0.15, 0.2) is 11.6 Å². The summed E-state index contributed by atoms with van der Waals surface area (Å²) >= 11 is 0. The molecule has 7 atom stereocenters. The minimum atomic E-state index is -0.530. The SMILES string of the molecule is CCCCCCCCCCCC[C@H](O)[C@@H]1CC[C@@H]([C@@H](O)CCCC[C@@H](O)CCCCC[C@H](O)CC2=C[C@@H](C)OC2=O)O1.